The van der Waals surface area contributed by atoms with Crippen LogP contribution < -0.4 is 0 Å². The topological polar surface area (TPSA) is 44.1 Å². The molecule has 24 heavy (non-hydrogen) atoms. The third-order valence-corrected chi connectivity index (χ3v) is 3.81. The first-order valence-electron chi connectivity index (χ1n) is 7.66. The number of aromatic nitrogens is 2. The first-order valence-corrected chi connectivity index (χ1v) is 7.66. The molecular weight excluding hydrogens is 307 g/mol. The monoisotopic (exact) mass is 324 g/mol. The van der Waals surface area contributed by atoms with Crippen LogP contribution in [0.2, 0.25) is 0 Å². The Labute approximate surface area is 139 Å². The van der Waals surface area contributed by atoms with E-state index >= 15 is 0 Å². The van der Waals surface area contributed by atoms with Gasteiger partial charge in [0.15, 0.2) is 5.69 Å². The SMILES string of the molecule is C=Cc1c(C(=O)OCC)ncc2c1ccn2Cc1ccc(F)cc1. The largest absolute Gasteiger partial charge is 0.461 e. The van der Waals surface area contributed by atoms with Gasteiger partial charge in [0, 0.05) is 23.7 Å². The Morgan fingerprint density at radius 2 is 2.08 bits per heavy atom. The molecule has 0 saturated carbocycles. The van der Waals surface area contributed by atoms with Gasteiger partial charge in [-0.15, -0.1) is 0 Å². The predicted molar refractivity (Wildman–Crippen MR) is 91.3 cm³/mol. The van der Waals surface area contributed by atoms with E-state index < -0.39 is 5.97 Å². The molecule has 0 radical (unpaired) electrons. The zero-order chi connectivity index (χ0) is 17.1. The van der Waals surface area contributed by atoms with E-state index in [2.05, 4.69) is 11.6 Å². The molecule has 1 aromatic carbocycles. The summed E-state index contributed by atoms with van der Waals surface area (Å²) in [6.45, 7) is 6.42. The maximum atomic E-state index is 13.0. The summed E-state index contributed by atoms with van der Waals surface area (Å²) in [5.41, 5.74) is 2.77. The average molecular weight is 324 g/mol. The van der Waals surface area contributed by atoms with Crippen molar-refractivity contribution in [1.29, 1.82) is 0 Å². The summed E-state index contributed by atoms with van der Waals surface area (Å²) < 4.78 is 20.1. The van der Waals surface area contributed by atoms with Crippen LogP contribution >= 0.6 is 0 Å². The van der Waals surface area contributed by atoms with Gasteiger partial charge in [-0.1, -0.05) is 24.8 Å². The zero-order valence-corrected chi connectivity index (χ0v) is 13.3. The summed E-state index contributed by atoms with van der Waals surface area (Å²) in [6, 6.07) is 8.28. The van der Waals surface area contributed by atoms with Crippen LogP contribution in [0, 0.1) is 5.82 Å². The lowest BCUT2D eigenvalue weighted by molar-refractivity contribution is 0.0519. The number of esters is 1. The molecule has 0 aliphatic heterocycles. The molecule has 0 unspecified atom stereocenters. The van der Waals surface area contributed by atoms with Crippen LogP contribution in [0.5, 0.6) is 0 Å². The zero-order valence-electron chi connectivity index (χ0n) is 13.3. The van der Waals surface area contributed by atoms with Crippen LogP contribution in [-0.4, -0.2) is 22.1 Å². The Bertz CT molecular complexity index is 898. The van der Waals surface area contributed by atoms with Crippen molar-refractivity contribution in [2.24, 2.45) is 0 Å². The van der Waals surface area contributed by atoms with Gasteiger partial charge in [-0.2, -0.15) is 0 Å². The highest BCUT2D eigenvalue weighted by Crippen LogP contribution is 2.24. The highest BCUT2D eigenvalue weighted by Gasteiger charge is 2.17. The maximum absolute atomic E-state index is 13.0. The van der Waals surface area contributed by atoms with Crippen molar-refractivity contribution in [1.82, 2.24) is 9.55 Å². The van der Waals surface area contributed by atoms with Crippen LogP contribution in [0.1, 0.15) is 28.5 Å². The van der Waals surface area contributed by atoms with Gasteiger partial charge in [0.1, 0.15) is 5.82 Å². The van der Waals surface area contributed by atoms with E-state index in [1.165, 1.54) is 12.1 Å². The number of rotatable bonds is 5. The molecule has 0 fully saturated rings. The number of pyridine rings is 1. The van der Waals surface area contributed by atoms with Crippen molar-refractivity contribution in [3.8, 4) is 0 Å². The Kier molecular flexibility index (Phi) is 4.42. The smallest absolute Gasteiger partial charge is 0.357 e. The van der Waals surface area contributed by atoms with Crippen molar-refractivity contribution in [2.45, 2.75) is 13.5 Å². The Morgan fingerprint density at radius 3 is 2.75 bits per heavy atom. The highest BCUT2D eigenvalue weighted by molar-refractivity contribution is 6.00. The van der Waals surface area contributed by atoms with Crippen LogP contribution in [0.3, 0.4) is 0 Å². The second-order valence-corrected chi connectivity index (χ2v) is 5.31. The predicted octanol–water partition coefficient (Wildman–Crippen LogP) is 4.04. The molecule has 0 spiro atoms. The molecule has 0 N–H and O–H groups in total. The molecule has 3 aromatic rings. The van der Waals surface area contributed by atoms with E-state index in [1.807, 2.05) is 16.8 Å². The van der Waals surface area contributed by atoms with Crippen molar-refractivity contribution in [2.75, 3.05) is 6.61 Å². The lowest BCUT2D eigenvalue weighted by atomic mass is 10.1. The van der Waals surface area contributed by atoms with Gasteiger partial charge in [0.2, 0.25) is 0 Å². The van der Waals surface area contributed by atoms with E-state index in [4.69, 9.17) is 4.74 Å². The van der Waals surface area contributed by atoms with Crippen molar-refractivity contribution >= 4 is 22.9 Å². The third-order valence-electron chi connectivity index (χ3n) is 3.81. The molecule has 0 aliphatic carbocycles. The fourth-order valence-corrected chi connectivity index (χ4v) is 2.67. The number of carbonyl (C=O) groups is 1. The van der Waals surface area contributed by atoms with Gasteiger partial charge in [-0.3, -0.25) is 0 Å². The Hall–Kier alpha value is -2.95. The van der Waals surface area contributed by atoms with E-state index in [1.54, 1.807) is 31.3 Å². The van der Waals surface area contributed by atoms with Gasteiger partial charge in [-0.05, 0) is 30.7 Å². The van der Waals surface area contributed by atoms with E-state index in [-0.39, 0.29) is 11.5 Å². The third kappa shape index (κ3) is 2.93. The number of ether oxygens (including phenoxy) is 1. The number of fused-ring (bicyclic) bond motifs is 1. The van der Waals surface area contributed by atoms with E-state index in [0.29, 0.717) is 18.7 Å². The number of hydrogen-bond donors (Lipinski definition) is 0. The normalized spacial score (nSPS) is 10.8. The first kappa shape index (κ1) is 15.9. The van der Waals surface area contributed by atoms with Crippen molar-refractivity contribution < 1.29 is 13.9 Å². The molecule has 0 bridgehead atoms. The van der Waals surface area contributed by atoms with Gasteiger partial charge in [0.25, 0.3) is 0 Å². The fraction of sp³-hybridized carbons (Fsp3) is 0.158. The molecule has 0 aliphatic rings. The Balaban J connectivity index is 2.02. The van der Waals surface area contributed by atoms with Gasteiger partial charge >= 0.3 is 5.97 Å². The summed E-state index contributed by atoms with van der Waals surface area (Å²) in [5.74, 6) is -0.716. The van der Waals surface area contributed by atoms with Crippen LogP contribution in [0.15, 0.2) is 49.3 Å². The summed E-state index contributed by atoms with van der Waals surface area (Å²) in [4.78, 5) is 16.3. The molecule has 0 saturated heterocycles. The number of hydrogen-bond acceptors (Lipinski definition) is 3. The Morgan fingerprint density at radius 1 is 1.33 bits per heavy atom. The standard InChI is InChI=1S/C19H17FN2O2/c1-3-15-16-9-10-22(12-13-5-7-14(20)8-6-13)17(16)11-21-18(15)19(23)24-4-2/h3,5-11H,1,4,12H2,2H3. The minimum Gasteiger partial charge on any atom is -0.461 e. The van der Waals surface area contributed by atoms with Crippen molar-refractivity contribution in [3.05, 3.63) is 71.9 Å². The fourth-order valence-electron chi connectivity index (χ4n) is 2.67. The maximum Gasteiger partial charge on any atom is 0.357 e. The number of carbonyl (C=O) groups excluding carboxylic acids is 1. The van der Waals surface area contributed by atoms with Gasteiger partial charge < -0.3 is 9.30 Å². The molecule has 122 valence electrons. The lowest BCUT2D eigenvalue weighted by Crippen LogP contribution is -2.09. The van der Waals surface area contributed by atoms with E-state index in [0.717, 1.165) is 16.5 Å². The van der Waals surface area contributed by atoms with Crippen LogP contribution in [0.4, 0.5) is 4.39 Å². The quantitative estimate of drug-likeness (QED) is 0.665. The minimum atomic E-state index is -0.458. The summed E-state index contributed by atoms with van der Waals surface area (Å²) in [7, 11) is 0. The molecule has 5 heteroatoms. The molecule has 3 rings (SSSR count). The molecule has 2 heterocycles. The van der Waals surface area contributed by atoms with Gasteiger partial charge in [-0.25, -0.2) is 14.2 Å². The molecule has 4 nitrogen and oxygen atoms in total. The number of benzene rings is 1. The number of nitrogens with zero attached hydrogens (tertiary/aromatic N) is 2. The second kappa shape index (κ2) is 6.66. The summed E-state index contributed by atoms with van der Waals surface area (Å²) in [6.07, 6.45) is 5.18. The first-order chi connectivity index (χ1) is 11.6. The minimum absolute atomic E-state index is 0.259. The second-order valence-electron chi connectivity index (χ2n) is 5.31. The van der Waals surface area contributed by atoms with Crippen molar-refractivity contribution in [3.63, 3.8) is 0 Å². The van der Waals surface area contributed by atoms with Crippen LogP contribution in [-0.2, 0) is 11.3 Å². The number of halogens is 1. The van der Waals surface area contributed by atoms with Gasteiger partial charge in [0.05, 0.1) is 18.3 Å². The molecule has 0 atom stereocenters. The van der Waals surface area contributed by atoms with Crippen LogP contribution in [0.25, 0.3) is 17.0 Å². The molecular formula is C19H17FN2O2. The molecule has 0 amide bonds. The van der Waals surface area contributed by atoms with E-state index in [9.17, 15) is 9.18 Å². The summed E-state index contributed by atoms with van der Waals surface area (Å²) in [5, 5.41) is 0.880. The highest BCUT2D eigenvalue weighted by atomic mass is 19.1. The molecule has 2 aromatic heterocycles. The summed E-state index contributed by atoms with van der Waals surface area (Å²) >= 11 is 0. The average Bonchev–Trinajstić information content (AvgIpc) is 2.99. The lowest BCUT2D eigenvalue weighted by Gasteiger charge is -2.09.